The highest BCUT2D eigenvalue weighted by Crippen LogP contribution is 2.42. The number of nitrogens with zero attached hydrogens (tertiary/aromatic N) is 1. The number of likely N-dealkylation sites (N-methyl/N-ethyl adjacent to an activating group) is 1. The Balaban J connectivity index is 1.92. The van der Waals surface area contributed by atoms with E-state index in [0.29, 0.717) is 11.4 Å². The zero-order valence-electron chi connectivity index (χ0n) is 14.0. The van der Waals surface area contributed by atoms with E-state index < -0.39 is 15.3 Å². The Labute approximate surface area is 149 Å². The molecular formula is C18H24ClNO3S. The molecule has 4 nitrogen and oxygen atoms in total. The van der Waals surface area contributed by atoms with Crippen molar-refractivity contribution in [1.29, 1.82) is 0 Å². The van der Waals surface area contributed by atoms with E-state index in [1.165, 1.54) is 0 Å². The first-order valence-corrected chi connectivity index (χ1v) is 10.8. The minimum Gasteiger partial charge on any atom is -0.341 e. The molecule has 1 atom stereocenters. The summed E-state index contributed by atoms with van der Waals surface area (Å²) in [5, 5.41) is 0.636. The highest BCUT2D eigenvalue weighted by atomic mass is 35.5. The van der Waals surface area contributed by atoms with Crippen molar-refractivity contribution in [1.82, 2.24) is 4.90 Å². The van der Waals surface area contributed by atoms with E-state index in [-0.39, 0.29) is 23.5 Å². The molecule has 6 heteroatoms. The molecule has 1 aromatic rings. The van der Waals surface area contributed by atoms with Crippen LogP contribution in [0.2, 0.25) is 5.02 Å². The fourth-order valence-corrected chi connectivity index (χ4v) is 6.12. The lowest BCUT2D eigenvalue weighted by Gasteiger charge is -2.40. The quantitative estimate of drug-likeness (QED) is 0.822. The lowest BCUT2D eigenvalue weighted by Crippen LogP contribution is -2.50. The van der Waals surface area contributed by atoms with Crippen LogP contribution in [0.5, 0.6) is 0 Å². The number of carbonyl (C=O) groups excluding carboxylic acids is 1. The van der Waals surface area contributed by atoms with Crippen LogP contribution in [-0.2, 0) is 20.0 Å². The highest BCUT2D eigenvalue weighted by Gasteiger charge is 2.45. The number of hydrogen-bond acceptors (Lipinski definition) is 3. The van der Waals surface area contributed by atoms with Crippen LogP contribution in [0.4, 0.5) is 0 Å². The zero-order valence-corrected chi connectivity index (χ0v) is 15.6. The van der Waals surface area contributed by atoms with Crippen molar-refractivity contribution in [2.24, 2.45) is 0 Å². The van der Waals surface area contributed by atoms with Crippen molar-refractivity contribution in [2.45, 2.75) is 50.0 Å². The molecule has 2 fully saturated rings. The molecule has 0 radical (unpaired) electrons. The summed E-state index contributed by atoms with van der Waals surface area (Å²) in [6.45, 7) is 0. The van der Waals surface area contributed by atoms with E-state index >= 15 is 0 Å². The first kappa shape index (κ1) is 17.7. The Kier molecular flexibility index (Phi) is 4.94. The van der Waals surface area contributed by atoms with Crippen LogP contribution in [0.1, 0.15) is 44.1 Å². The predicted molar refractivity (Wildman–Crippen MR) is 96.0 cm³/mol. The van der Waals surface area contributed by atoms with Gasteiger partial charge in [0.2, 0.25) is 5.91 Å². The third-order valence-corrected chi connectivity index (χ3v) is 7.56. The summed E-state index contributed by atoms with van der Waals surface area (Å²) in [6.07, 6.45) is 5.30. The minimum absolute atomic E-state index is 0.0477. The van der Waals surface area contributed by atoms with Crippen LogP contribution in [0.25, 0.3) is 0 Å². The topological polar surface area (TPSA) is 54.5 Å². The van der Waals surface area contributed by atoms with Crippen LogP contribution >= 0.6 is 11.6 Å². The molecule has 1 aliphatic carbocycles. The second-order valence-corrected chi connectivity index (χ2v) is 9.79. The van der Waals surface area contributed by atoms with E-state index in [2.05, 4.69) is 0 Å². The lowest BCUT2D eigenvalue weighted by atomic mass is 9.68. The lowest BCUT2D eigenvalue weighted by molar-refractivity contribution is -0.139. The van der Waals surface area contributed by atoms with E-state index in [1.807, 2.05) is 24.3 Å². The molecule has 0 aromatic heterocycles. The number of sulfone groups is 1. The van der Waals surface area contributed by atoms with Crippen molar-refractivity contribution in [3.8, 4) is 0 Å². The summed E-state index contributed by atoms with van der Waals surface area (Å²) in [5.74, 6) is 0.312. The average Bonchev–Trinajstić information content (AvgIpc) is 2.94. The molecular weight excluding hydrogens is 346 g/mol. The third kappa shape index (κ3) is 3.33. The second kappa shape index (κ2) is 6.68. The Hall–Kier alpha value is -1.07. The fourth-order valence-electron chi connectivity index (χ4n) is 4.15. The van der Waals surface area contributed by atoms with Gasteiger partial charge >= 0.3 is 0 Å². The van der Waals surface area contributed by atoms with Crippen molar-refractivity contribution >= 4 is 27.3 Å². The summed E-state index contributed by atoms with van der Waals surface area (Å²) in [4.78, 5) is 15.1. The number of carbonyl (C=O) groups is 1. The number of hydrogen-bond donors (Lipinski definition) is 0. The van der Waals surface area contributed by atoms with Crippen molar-refractivity contribution in [3.05, 3.63) is 34.9 Å². The molecule has 0 bridgehead atoms. The maximum Gasteiger partial charge on any atom is 0.233 e. The summed E-state index contributed by atoms with van der Waals surface area (Å²) < 4.78 is 23.6. The molecule has 1 aliphatic heterocycles. The standard InChI is InChI=1S/C18H24ClNO3S/c1-20(16-8-11-24(22,23)13-16)17(21)18(9-3-2-4-10-18)14-6-5-7-15(19)12-14/h5-7,12,16H,2-4,8-11,13H2,1H3. The van der Waals surface area contributed by atoms with E-state index in [1.54, 1.807) is 11.9 Å². The number of halogens is 1. The molecule has 1 heterocycles. The number of amides is 1. The molecule has 1 aromatic carbocycles. The SMILES string of the molecule is CN(C(=O)C1(c2cccc(Cl)c2)CCCCC1)C1CCS(=O)(=O)C1. The average molecular weight is 370 g/mol. The smallest absolute Gasteiger partial charge is 0.233 e. The van der Waals surface area contributed by atoms with E-state index in [0.717, 1.165) is 37.7 Å². The molecule has 0 spiro atoms. The van der Waals surface area contributed by atoms with Crippen LogP contribution < -0.4 is 0 Å². The zero-order chi connectivity index (χ0) is 17.4. The Morgan fingerprint density at radius 1 is 1.25 bits per heavy atom. The second-order valence-electron chi connectivity index (χ2n) is 7.13. The highest BCUT2D eigenvalue weighted by molar-refractivity contribution is 7.91. The summed E-state index contributed by atoms with van der Waals surface area (Å²) in [6, 6.07) is 7.37. The minimum atomic E-state index is -3.01. The van der Waals surface area contributed by atoms with Crippen LogP contribution in [-0.4, -0.2) is 43.8 Å². The largest absolute Gasteiger partial charge is 0.341 e. The van der Waals surface area contributed by atoms with Gasteiger partial charge in [0.05, 0.1) is 16.9 Å². The van der Waals surface area contributed by atoms with Gasteiger partial charge in [-0.05, 0) is 37.0 Å². The molecule has 0 N–H and O–H groups in total. The normalized spacial score (nSPS) is 25.3. The van der Waals surface area contributed by atoms with Gasteiger partial charge in [-0.15, -0.1) is 0 Å². The van der Waals surface area contributed by atoms with Crippen molar-refractivity contribution in [2.75, 3.05) is 18.6 Å². The summed E-state index contributed by atoms with van der Waals surface area (Å²) >= 11 is 6.17. The van der Waals surface area contributed by atoms with Crippen LogP contribution in [0.15, 0.2) is 24.3 Å². The maximum atomic E-state index is 13.4. The number of rotatable bonds is 3. The molecule has 132 valence electrons. The van der Waals surface area contributed by atoms with Crippen LogP contribution in [0.3, 0.4) is 0 Å². The predicted octanol–water partition coefficient (Wildman–Crippen LogP) is 3.19. The van der Waals surface area contributed by atoms with E-state index in [4.69, 9.17) is 11.6 Å². The first-order valence-electron chi connectivity index (χ1n) is 8.58. The monoisotopic (exact) mass is 369 g/mol. The fraction of sp³-hybridized carbons (Fsp3) is 0.611. The van der Waals surface area contributed by atoms with Gasteiger partial charge < -0.3 is 4.90 Å². The third-order valence-electron chi connectivity index (χ3n) is 5.57. The Morgan fingerprint density at radius 3 is 2.54 bits per heavy atom. The molecule has 1 saturated carbocycles. The van der Waals surface area contributed by atoms with Crippen molar-refractivity contribution < 1.29 is 13.2 Å². The first-order chi connectivity index (χ1) is 11.3. The molecule has 2 aliphatic rings. The van der Waals surface area contributed by atoms with Crippen molar-refractivity contribution in [3.63, 3.8) is 0 Å². The maximum absolute atomic E-state index is 13.4. The summed E-state index contributed by atoms with van der Waals surface area (Å²) in [5.41, 5.74) is 0.400. The van der Waals surface area contributed by atoms with Gasteiger partial charge in [0, 0.05) is 18.1 Å². The molecule has 1 amide bonds. The molecule has 24 heavy (non-hydrogen) atoms. The van der Waals surface area contributed by atoms with Gasteiger partial charge in [0.25, 0.3) is 0 Å². The van der Waals surface area contributed by atoms with Gasteiger partial charge in [0.1, 0.15) is 0 Å². The van der Waals surface area contributed by atoms with Gasteiger partial charge in [-0.3, -0.25) is 4.79 Å². The summed E-state index contributed by atoms with van der Waals surface area (Å²) in [7, 11) is -1.25. The van der Waals surface area contributed by atoms with Gasteiger partial charge in [-0.25, -0.2) is 8.42 Å². The van der Waals surface area contributed by atoms with Crippen LogP contribution in [0, 0.1) is 0 Å². The molecule has 1 unspecified atom stereocenters. The van der Waals surface area contributed by atoms with Gasteiger partial charge in [-0.2, -0.15) is 0 Å². The molecule has 1 saturated heterocycles. The van der Waals surface area contributed by atoms with Gasteiger partial charge in [-0.1, -0.05) is 43.0 Å². The van der Waals surface area contributed by atoms with Gasteiger partial charge in [0.15, 0.2) is 9.84 Å². The molecule has 3 rings (SSSR count). The van der Waals surface area contributed by atoms with E-state index in [9.17, 15) is 13.2 Å². The Bertz CT molecular complexity index is 726. The number of benzene rings is 1. The Morgan fingerprint density at radius 2 is 1.96 bits per heavy atom.